The van der Waals surface area contributed by atoms with Gasteiger partial charge in [-0.3, -0.25) is 4.79 Å². The number of benzene rings is 1. The number of rotatable bonds is 5. The van der Waals surface area contributed by atoms with Crippen LogP contribution in [0.5, 0.6) is 0 Å². The molecule has 0 bridgehead atoms. The molecular weight excluding hydrogens is 190 g/mol. The molecule has 0 fully saturated rings. The van der Waals surface area contributed by atoms with Crippen molar-refractivity contribution in [1.82, 2.24) is 5.32 Å². The van der Waals surface area contributed by atoms with Crippen molar-refractivity contribution in [3.63, 3.8) is 0 Å². The molecule has 0 saturated heterocycles. The molecule has 1 aromatic carbocycles. The molecule has 0 heterocycles. The van der Waals surface area contributed by atoms with Crippen molar-refractivity contribution < 1.29 is 9.53 Å². The van der Waals surface area contributed by atoms with Gasteiger partial charge in [-0.25, -0.2) is 0 Å². The lowest BCUT2D eigenvalue weighted by Crippen LogP contribution is -2.30. The third kappa shape index (κ3) is 3.72. The van der Waals surface area contributed by atoms with Gasteiger partial charge in [0, 0.05) is 7.11 Å². The lowest BCUT2D eigenvalue weighted by atomic mass is 10.0. The standard InChI is InChI=1S/C12H17NO2/c1-3-11(13-12(14)9-15-2)10-7-5-4-6-8-10/h4-8,11H,3,9H2,1-2H3,(H,13,14). The maximum atomic E-state index is 11.3. The van der Waals surface area contributed by atoms with E-state index in [-0.39, 0.29) is 18.6 Å². The summed E-state index contributed by atoms with van der Waals surface area (Å²) in [7, 11) is 1.52. The van der Waals surface area contributed by atoms with Gasteiger partial charge in [0.1, 0.15) is 6.61 Å². The highest BCUT2D eigenvalue weighted by Crippen LogP contribution is 2.15. The largest absolute Gasteiger partial charge is 0.375 e. The molecule has 1 N–H and O–H groups in total. The molecule has 1 rings (SSSR count). The van der Waals surface area contributed by atoms with Crippen molar-refractivity contribution in [3.05, 3.63) is 35.9 Å². The monoisotopic (exact) mass is 207 g/mol. The minimum absolute atomic E-state index is 0.0757. The number of hydrogen-bond donors (Lipinski definition) is 1. The molecule has 0 saturated carbocycles. The number of methoxy groups -OCH3 is 1. The Morgan fingerprint density at radius 3 is 2.60 bits per heavy atom. The normalized spacial score (nSPS) is 12.1. The molecule has 15 heavy (non-hydrogen) atoms. The fraction of sp³-hybridized carbons (Fsp3) is 0.417. The molecular formula is C12H17NO2. The molecule has 0 aliphatic heterocycles. The van der Waals surface area contributed by atoms with Crippen LogP contribution in [-0.4, -0.2) is 19.6 Å². The quantitative estimate of drug-likeness (QED) is 0.800. The van der Waals surface area contributed by atoms with Crippen LogP contribution in [0.2, 0.25) is 0 Å². The van der Waals surface area contributed by atoms with Crippen LogP contribution < -0.4 is 5.32 Å². The summed E-state index contributed by atoms with van der Waals surface area (Å²) in [5, 5.41) is 2.92. The van der Waals surface area contributed by atoms with Crippen LogP contribution in [-0.2, 0) is 9.53 Å². The van der Waals surface area contributed by atoms with E-state index >= 15 is 0 Å². The van der Waals surface area contributed by atoms with E-state index in [1.807, 2.05) is 37.3 Å². The van der Waals surface area contributed by atoms with Crippen LogP contribution in [0.4, 0.5) is 0 Å². The number of ether oxygens (including phenoxy) is 1. The fourth-order valence-electron chi connectivity index (χ4n) is 1.47. The lowest BCUT2D eigenvalue weighted by Gasteiger charge is -2.16. The molecule has 3 heteroatoms. The summed E-state index contributed by atoms with van der Waals surface area (Å²) in [5.41, 5.74) is 1.13. The van der Waals surface area contributed by atoms with Crippen LogP contribution in [0, 0.1) is 0 Å². The molecule has 1 unspecified atom stereocenters. The zero-order valence-corrected chi connectivity index (χ0v) is 9.19. The molecule has 0 aliphatic rings. The van der Waals surface area contributed by atoms with E-state index in [9.17, 15) is 4.79 Å². The summed E-state index contributed by atoms with van der Waals surface area (Å²) in [6.07, 6.45) is 0.874. The number of amides is 1. The van der Waals surface area contributed by atoms with Gasteiger partial charge in [0.15, 0.2) is 0 Å². The molecule has 82 valence electrons. The van der Waals surface area contributed by atoms with E-state index in [0.29, 0.717) is 0 Å². The Morgan fingerprint density at radius 1 is 1.40 bits per heavy atom. The first-order valence-electron chi connectivity index (χ1n) is 5.11. The van der Waals surface area contributed by atoms with Crippen molar-refractivity contribution in [1.29, 1.82) is 0 Å². The molecule has 0 aliphatic carbocycles. The van der Waals surface area contributed by atoms with E-state index in [0.717, 1.165) is 12.0 Å². The van der Waals surface area contributed by atoms with Gasteiger partial charge in [0.2, 0.25) is 5.91 Å². The maximum absolute atomic E-state index is 11.3. The second-order valence-corrected chi connectivity index (χ2v) is 3.37. The van der Waals surface area contributed by atoms with Gasteiger partial charge >= 0.3 is 0 Å². The Morgan fingerprint density at radius 2 is 2.07 bits per heavy atom. The number of nitrogens with one attached hydrogen (secondary N) is 1. The van der Waals surface area contributed by atoms with E-state index < -0.39 is 0 Å². The van der Waals surface area contributed by atoms with E-state index in [4.69, 9.17) is 4.74 Å². The summed E-state index contributed by atoms with van der Waals surface area (Å²) in [5.74, 6) is -0.0757. The first-order valence-corrected chi connectivity index (χ1v) is 5.11. The molecule has 1 atom stereocenters. The van der Waals surface area contributed by atoms with Crippen molar-refractivity contribution in [3.8, 4) is 0 Å². The number of carbonyl (C=O) groups is 1. The Labute approximate surface area is 90.4 Å². The summed E-state index contributed by atoms with van der Waals surface area (Å²) in [6, 6.07) is 10.0. The maximum Gasteiger partial charge on any atom is 0.246 e. The Balaban J connectivity index is 2.61. The third-order valence-corrected chi connectivity index (χ3v) is 2.22. The Hall–Kier alpha value is -1.35. The average molecular weight is 207 g/mol. The summed E-state index contributed by atoms with van der Waals surface area (Å²) < 4.78 is 4.77. The third-order valence-electron chi connectivity index (χ3n) is 2.22. The highest BCUT2D eigenvalue weighted by atomic mass is 16.5. The van der Waals surface area contributed by atoms with Gasteiger partial charge < -0.3 is 10.1 Å². The second kappa shape index (κ2) is 6.19. The van der Waals surface area contributed by atoms with Crippen LogP contribution >= 0.6 is 0 Å². The van der Waals surface area contributed by atoms with Crippen molar-refractivity contribution in [2.24, 2.45) is 0 Å². The second-order valence-electron chi connectivity index (χ2n) is 3.37. The molecule has 0 spiro atoms. The average Bonchev–Trinajstić information content (AvgIpc) is 2.27. The minimum atomic E-state index is -0.0757. The van der Waals surface area contributed by atoms with Gasteiger partial charge in [-0.2, -0.15) is 0 Å². The van der Waals surface area contributed by atoms with Gasteiger partial charge in [-0.05, 0) is 12.0 Å². The van der Waals surface area contributed by atoms with Crippen molar-refractivity contribution >= 4 is 5.91 Å². The van der Waals surface area contributed by atoms with Gasteiger partial charge in [-0.1, -0.05) is 37.3 Å². The number of carbonyl (C=O) groups excluding carboxylic acids is 1. The predicted octanol–water partition coefficient (Wildman–Crippen LogP) is 1.90. The van der Waals surface area contributed by atoms with Gasteiger partial charge in [0.05, 0.1) is 6.04 Å². The van der Waals surface area contributed by atoms with E-state index in [1.165, 1.54) is 7.11 Å². The smallest absolute Gasteiger partial charge is 0.246 e. The SMILES string of the molecule is CCC(NC(=O)COC)c1ccccc1. The van der Waals surface area contributed by atoms with E-state index in [2.05, 4.69) is 5.32 Å². The molecule has 0 aromatic heterocycles. The van der Waals surface area contributed by atoms with Crippen molar-refractivity contribution in [2.75, 3.05) is 13.7 Å². The van der Waals surface area contributed by atoms with Gasteiger partial charge in [0.25, 0.3) is 0 Å². The first kappa shape index (κ1) is 11.7. The predicted molar refractivity (Wildman–Crippen MR) is 59.5 cm³/mol. The molecule has 1 aromatic rings. The minimum Gasteiger partial charge on any atom is -0.375 e. The fourth-order valence-corrected chi connectivity index (χ4v) is 1.47. The zero-order chi connectivity index (χ0) is 11.1. The number of hydrogen-bond acceptors (Lipinski definition) is 2. The Kier molecular flexibility index (Phi) is 4.84. The first-order chi connectivity index (χ1) is 7.27. The molecule has 3 nitrogen and oxygen atoms in total. The highest BCUT2D eigenvalue weighted by Gasteiger charge is 2.11. The zero-order valence-electron chi connectivity index (χ0n) is 9.19. The molecule has 1 amide bonds. The topological polar surface area (TPSA) is 38.3 Å². The van der Waals surface area contributed by atoms with Gasteiger partial charge in [-0.15, -0.1) is 0 Å². The van der Waals surface area contributed by atoms with Crippen LogP contribution in [0.15, 0.2) is 30.3 Å². The highest BCUT2D eigenvalue weighted by molar-refractivity contribution is 5.77. The van der Waals surface area contributed by atoms with Crippen LogP contribution in [0.1, 0.15) is 24.9 Å². The summed E-state index contributed by atoms with van der Waals surface area (Å²) >= 11 is 0. The summed E-state index contributed by atoms with van der Waals surface area (Å²) in [4.78, 5) is 11.3. The van der Waals surface area contributed by atoms with Crippen LogP contribution in [0.3, 0.4) is 0 Å². The molecule has 0 radical (unpaired) electrons. The van der Waals surface area contributed by atoms with Crippen molar-refractivity contribution in [2.45, 2.75) is 19.4 Å². The lowest BCUT2D eigenvalue weighted by molar-refractivity contribution is -0.125. The Bertz CT molecular complexity index is 298. The summed E-state index contributed by atoms with van der Waals surface area (Å²) in [6.45, 7) is 2.16. The van der Waals surface area contributed by atoms with Crippen LogP contribution in [0.25, 0.3) is 0 Å². The van der Waals surface area contributed by atoms with E-state index in [1.54, 1.807) is 0 Å².